The summed E-state index contributed by atoms with van der Waals surface area (Å²) in [6, 6.07) is 0. The average molecular weight is 290 g/mol. The molecule has 1 fully saturated rings. The molecule has 0 aromatic rings. The van der Waals surface area contributed by atoms with E-state index in [1.54, 1.807) is 0 Å². The molecule has 0 radical (unpaired) electrons. The highest BCUT2D eigenvalue weighted by Gasteiger charge is 2.20. The van der Waals surface area contributed by atoms with Crippen LogP contribution in [0, 0.1) is 11.8 Å². The Bertz CT molecular complexity index is 210. The Kier molecular flexibility index (Phi) is 6.40. The van der Waals surface area contributed by atoms with Gasteiger partial charge in [0.1, 0.15) is 0 Å². The van der Waals surface area contributed by atoms with Crippen LogP contribution in [0.4, 0.5) is 0 Å². The van der Waals surface area contributed by atoms with Gasteiger partial charge in [-0.2, -0.15) is 0 Å². The molecule has 0 heterocycles. The van der Waals surface area contributed by atoms with E-state index in [0.717, 1.165) is 19.4 Å². The summed E-state index contributed by atoms with van der Waals surface area (Å²) in [6.07, 6.45) is 7.22. The average Bonchev–Trinajstić information content (AvgIpc) is 2.53. The second-order valence-electron chi connectivity index (χ2n) is 5.19. The molecule has 94 valence electrons. The molecule has 1 aliphatic carbocycles. The molecule has 1 unspecified atom stereocenters. The zero-order valence-electron chi connectivity index (χ0n) is 10.5. The summed E-state index contributed by atoms with van der Waals surface area (Å²) in [4.78, 5) is 12.3. The van der Waals surface area contributed by atoms with Crippen LogP contribution in [-0.2, 0) is 4.79 Å². The van der Waals surface area contributed by atoms with Gasteiger partial charge in [-0.05, 0) is 18.8 Å². The zero-order valence-corrected chi connectivity index (χ0v) is 12.1. The third kappa shape index (κ3) is 4.86. The number of carbonyl (C=O) groups is 1. The summed E-state index contributed by atoms with van der Waals surface area (Å²) in [5.41, 5.74) is 0. The molecular formula is C13H24BrNO. The molecule has 0 bridgehead atoms. The highest BCUT2D eigenvalue weighted by molar-refractivity contribution is 9.09. The maximum absolute atomic E-state index is 11.9. The van der Waals surface area contributed by atoms with Crippen molar-refractivity contribution in [3.05, 3.63) is 0 Å². The van der Waals surface area contributed by atoms with Crippen LogP contribution in [0.5, 0.6) is 0 Å². The van der Waals surface area contributed by atoms with Crippen LogP contribution in [0.1, 0.15) is 52.4 Å². The normalized spacial score (nSPS) is 20.5. The minimum Gasteiger partial charge on any atom is -0.355 e. The van der Waals surface area contributed by atoms with Crippen molar-refractivity contribution in [3.63, 3.8) is 0 Å². The molecule has 16 heavy (non-hydrogen) atoms. The van der Waals surface area contributed by atoms with E-state index in [2.05, 4.69) is 35.1 Å². The minimum absolute atomic E-state index is 0.270. The molecule has 1 atom stereocenters. The Labute approximate surface area is 108 Å². The van der Waals surface area contributed by atoms with Crippen LogP contribution in [0.2, 0.25) is 0 Å². The van der Waals surface area contributed by atoms with Crippen LogP contribution in [0.3, 0.4) is 0 Å². The number of hydrogen-bond acceptors (Lipinski definition) is 1. The van der Waals surface area contributed by atoms with Gasteiger partial charge in [-0.3, -0.25) is 4.79 Å². The molecule has 1 saturated carbocycles. The SMILES string of the molecule is CC(C)C(Br)CNC(=O)C1CCCCCC1. The van der Waals surface area contributed by atoms with Crippen LogP contribution in [0.15, 0.2) is 0 Å². The summed E-state index contributed by atoms with van der Waals surface area (Å²) < 4.78 is 0. The molecule has 1 N–H and O–H groups in total. The lowest BCUT2D eigenvalue weighted by atomic mass is 9.99. The highest BCUT2D eigenvalue weighted by atomic mass is 79.9. The van der Waals surface area contributed by atoms with E-state index in [-0.39, 0.29) is 11.8 Å². The third-order valence-corrected chi connectivity index (χ3v) is 4.80. The molecule has 3 heteroatoms. The molecule has 0 aliphatic heterocycles. The fourth-order valence-electron chi connectivity index (χ4n) is 2.12. The first-order chi connectivity index (χ1) is 7.61. The molecule has 0 saturated heterocycles. The van der Waals surface area contributed by atoms with Crippen LogP contribution < -0.4 is 5.32 Å². The second kappa shape index (κ2) is 7.31. The number of alkyl halides is 1. The van der Waals surface area contributed by atoms with Crippen LogP contribution in [-0.4, -0.2) is 17.3 Å². The largest absolute Gasteiger partial charge is 0.355 e. The van der Waals surface area contributed by atoms with E-state index in [4.69, 9.17) is 0 Å². The summed E-state index contributed by atoms with van der Waals surface area (Å²) >= 11 is 3.60. The summed E-state index contributed by atoms with van der Waals surface area (Å²) in [5, 5.41) is 3.08. The first-order valence-corrected chi connectivity index (χ1v) is 7.44. The number of amides is 1. The first-order valence-electron chi connectivity index (χ1n) is 6.53. The molecule has 1 rings (SSSR count). The van der Waals surface area contributed by atoms with E-state index >= 15 is 0 Å². The second-order valence-corrected chi connectivity index (χ2v) is 6.37. The minimum atomic E-state index is 0.270. The molecule has 0 aromatic heterocycles. The summed E-state index contributed by atoms with van der Waals surface area (Å²) in [7, 11) is 0. The van der Waals surface area contributed by atoms with Gasteiger partial charge in [-0.25, -0.2) is 0 Å². The van der Waals surface area contributed by atoms with Crippen molar-refractivity contribution >= 4 is 21.8 Å². The Morgan fingerprint density at radius 1 is 1.25 bits per heavy atom. The fourth-order valence-corrected chi connectivity index (χ4v) is 2.28. The molecule has 1 aliphatic rings. The smallest absolute Gasteiger partial charge is 0.223 e. The number of carbonyl (C=O) groups excluding carboxylic acids is 1. The Balaban J connectivity index is 2.27. The number of rotatable bonds is 4. The van der Waals surface area contributed by atoms with Crippen molar-refractivity contribution in [2.45, 2.75) is 57.2 Å². The lowest BCUT2D eigenvalue weighted by Gasteiger charge is -2.18. The summed E-state index contributed by atoms with van der Waals surface area (Å²) in [5.74, 6) is 1.11. The van der Waals surface area contributed by atoms with Crippen molar-refractivity contribution < 1.29 is 4.79 Å². The van der Waals surface area contributed by atoms with Crippen LogP contribution in [0.25, 0.3) is 0 Å². The standard InChI is InChI=1S/C13H24BrNO/c1-10(2)12(14)9-15-13(16)11-7-5-3-4-6-8-11/h10-12H,3-9H2,1-2H3,(H,15,16). The molecule has 2 nitrogen and oxygen atoms in total. The first kappa shape index (κ1) is 14.0. The van der Waals surface area contributed by atoms with Crippen molar-refractivity contribution in [1.82, 2.24) is 5.32 Å². The van der Waals surface area contributed by atoms with Gasteiger partial charge >= 0.3 is 0 Å². The van der Waals surface area contributed by atoms with Gasteiger partial charge < -0.3 is 5.32 Å². The third-order valence-electron chi connectivity index (χ3n) is 3.42. The van der Waals surface area contributed by atoms with Gasteiger partial charge in [0.2, 0.25) is 5.91 Å². The summed E-state index contributed by atoms with van der Waals surface area (Å²) in [6.45, 7) is 5.08. The monoisotopic (exact) mass is 289 g/mol. The van der Waals surface area contributed by atoms with Crippen molar-refractivity contribution in [3.8, 4) is 0 Å². The van der Waals surface area contributed by atoms with Gasteiger partial charge in [0.05, 0.1) is 0 Å². The molecule has 1 amide bonds. The lowest BCUT2D eigenvalue weighted by Crippen LogP contribution is -2.36. The quantitative estimate of drug-likeness (QED) is 0.623. The number of hydrogen-bond donors (Lipinski definition) is 1. The van der Waals surface area contributed by atoms with E-state index in [9.17, 15) is 4.79 Å². The zero-order chi connectivity index (χ0) is 12.0. The Morgan fingerprint density at radius 3 is 2.31 bits per heavy atom. The maximum atomic E-state index is 11.9. The van der Waals surface area contributed by atoms with E-state index in [0.29, 0.717) is 10.7 Å². The fraction of sp³-hybridized carbons (Fsp3) is 0.923. The van der Waals surface area contributed by atoms with Gasteiger partial charge in [-0.1, -0.05) is 55.5 Å². The van der Waals surface area contributed by atoms with Gasteiger partial charge in [0, 0.05) is 17.3 Å². The van der Waals surface area contributed by atoms with Crippen molar-refractivity contribution in [2.75, 3.05) is 6.54 Å². The maximum Gasteiger partial charge on any atom is 0.223 e. The topological polar surface area (TPSA) is 29.1 Å². The van der Waals surface area contributed by atoms with Gasteiger partial charge in [0.15, 0.2) is 0 Å². The van der Waals surface area contributed by atoms with Crippen molar-refractivity contribution in [2.24, 2.45) is 11.8 Å². The molecule has 0 aromatic carbocycles. The Hall–Kier alpha value is -0.0500. The molecule has 0 spiro atoms. The van der Waals surface area contributed by atoms with Gasteiger partial charge in [0.25, 0.3) is 0 Å². The van der Waals surface area contributed by atoms with E-state index in [1.807, 2.05) is 0 Å². The van der Waals surface area contributed by atoms with Crippen molar-refractivity contribution in [1.29, 1.82) is 0 Å². The number of halogens is 1. The highest BCUT2D eigenvalue weighted by Crippen LogP contribution is 2.23. The van der Waals surface area contributed by atoms with Gasteiger partial charge in [-0.15, -0.1) is 0 Å². The predicted octanol–water partition coefficient (Wildman–Crippen LogP) is 3.49. The predicted molar refractivity (Wildman–Crippen MR) is 71.8 cm³/mol. The van der Waals surface area contributed by atoms with E-state index in [1.165, 1.54) is 25.7 Å². The van der Waals surface area contributed by atoms with E-state index < -0.39 is 0 Å². The lowest BCUT2D eigenvalue weighted by molar-refractivity contribution is -0.125. The van der Waals surface area contributed by atoms with Crippen LogP contribution >= 0.6 is 15.9 Å². The molecular weight excluding hydrogens is 266 g/mol. The number of nitrogens with one attached hydrogen (secondary N) is 1. The Morgan fingerprint density at radius 2 is 1.81 bits per heavy atom.